The first-order valence-corrected chi connectivity index (χ1v) is 4.29. The second kappa shape index (κ2) is 4.45. The van der Waals surface area contributed by atoms with Crippen molar-refractivity contribution in [2.45, 2.75) is 13.0 Å². The van der Waals surface area contributed by atoms with Gasteiger partial charge in [0.05, 0.1) is 0 Å². The van der Waals surface area contributed by atoms with Crippen LogP contribution >= 0.6 is 0 Å². The van der Waals surface area contributed by atoms with Crippen LogP contribution in [0.5, 0.6) is 0 Å². The van der Waals surface area contributed by atoms with Gasteiger partial charge in [-0.15, -0.1) is 0 Å². The maximum Gasteiger partial charge on any atom is 0.325 e. The molecule has 0 aromatic carbocycles. The number of anilines is 1. The number of carbonyl (C=O) groups is 2. The highest BCUT2D eigenvalue weighted by atomic mass is 16.4. The third kappa shape index (κ3) is 3.29. The Morgan fingerprint density at radius 2 is 2.27 bits per heavy atom. The van der Waals surface area contributed by atoms with Gasteiger partial charge in [0.1, 0.15) is 6.04 Å². The Kier molecular flexibility index (Phi) is 3.27. The molecule has 1 unspecified atom stereocenters. The zero-order valence-electron chi connectivity index (χ0n) is 8.39. The summed E-state index contributed by atoms with van der Waals surface area (Å²) in [6, 6.07) is 0.0719. The molecule has 0 saturated heterocycles. The number of urea groups is 1. The minimum Gasteiger partial charge on any atom is -0.480 e. The molecule has 1 aromatic rings. The molecule has 1 aromatic heterocycles. The number of hydrogen-bond acceptors (Lipinski definition) is 3. The van der Waals surface area contributed by atoms with Gasteiger partial charge in [-0.3, -0.25) is 14.8 Å². The highest BCUT2D eigenvalue weighted by Gasteiger charge is 2.13. The van der Waals surface area contributed by atoms with Crippen molar-refractivity contribution in [1.82, 2.24) is 15.1 Å². The van der Waals surface area contributed by atoms with Crippen molar-refractivity contribution >= 4 is 17.8 Å². The highest BCUT2D eigenvalue weighted by Crippen LogP contribution is 2.00. The number of hydrogen-bond donors (Lipinski definition) is 3. The fraction of sp³-hybridized carbons (Fsp3) is 0.375. The average molecular weight is 212 g/mol. The first kappa shape index (κ1) is 11.0. The molecule has 1 heterocycles. The summed E-state index contributed by atoms with van der Waals surface area (Å²) >= 11 is 0. The van der Waals surface area contributed by atoms with Crippen molar-refractivity contribution in [3.05, 3.63) is 12.3 Å². The monoisotopic (exact) mass is 212 g/mol. The molecule has 0 bridgehead atoms. The van der Waals surface area contributed by atoms with Crippen LogP contribution in [0.25, 0.3) is 0 Å². The fourth-order valence-corrected chi connectivity index (χ4v) is 0.893. The predicted octanol–water partition coefficient (Wildman–Crippen LogP) is 0.0147. The molecule has 15 heavy (non-hydrogen) atoms. The van der Waals surface area contributed by atoms with E-state index < -0.39 is 18.0 Å². The largest absolute Gasteiger partial charge is 0.480 e. The normalized spacial score (nSPS) is 11.9. The molecule has 3 N–H and O–H groups in total. The fourth-order valence-electron chi connectivity index (χ4n) is 0.893. The van der Waals surface area contributed by atoms with E-state index in [1.807, 2.05) is 0 Å². The molecule has 0 aliphatic rings. The molecule has 0 spiro atoms. The van der Waals surface area contributed by atoms with Crippen LogP contribution in [0.2, 0.25) is 0 Å². The summed E-state index contributed by atoms with van der Waals surface area (Å²) in [5.74, 6) is -0.723. The summed E-state index contributed by atoms with van der Waals surface area (Å²) < 4.78 is 1.52. The Hall–Kier alpha value is -2.05. The minimum absolute atomic E-state index is 0.368. The van der Waals surface area contributed by atoms with Crippen LogP contribution in [-0.2, 0) is 11.8 Å². The maximum absolute atomic E-state index is 11.2. The van der Waals surface area contributed by atoms with Gasteiger partial charge in [-0.1, -0.05) is 0 Å². The number of aryl methyl sites for hydroxylation is 1. The first-order valence-electron chi connectivity index (χ1n) is 4.29. The standard InChI is InChI=1S/C8H12N4O3/c1-5(7(13)14)9-8(15)10-6-3-4-12(2)11-6/h3-5H,1-2H3,(H,13,14)(H2,9,10,11,15). The van der Waals surface area contributed by atoms with Crippen LogP contribution in [0.3, 0.4) is 0 Å². The van der Waals surface area contributed by atoms with Crippen LogP contribution in [0.15, 0.2) is 12.3 Å². The van der Waals surface area contributed by atoms with E-state index in [2.05, 4.69) is 15.7 Å². The molecular weight excluding hydrogens is 200 g/mol. The Labute approximate surface area is 86.1 Å². The predicted molar refractivity (Wildman–Crippen MR) is 52.5 cm³/mol. The number of carboxylic acids is 1. The van der Waals surface area contributed by atoms with E-state index >= 15 is 0 Å². The Morgan fingerprint density at radius 3 is 2.73 bits per heavy atom. The molecule has 0 radical (unpaired) electrons. The molecule has 0 aliphatic heterocycles. The van der Waals surface area contributed by atoms with Crippen LogP contribution in [0.1, 0.15) is 6.92 Å². The number of nitrogens with one attached hydrogen (secondary N) is 2. The van der Waals surface area contributed by atoms with Crippen LogP contribution in [0.4, 0.5) is 10.6 Å². The van der Waals surface area contributed by atoms with Gasteiger partial charge < -0.3 is 10.4 Å². The minimum atomic E-state index is -1.09. The van der Waals surface area contributed by atoms with Crippen molar-refractivity contribution in [2.75, 3.05) is 5.32 Å². The number of aromatic nitrogens is 2. The molecular formula is C8H12N4O3. The number of carbonyl (C=O) groups excluding carboxylic acids is 1. The van der Waals surface area contributed by atoms with Crippen LogP contribution < -0.4 is 10.6 Å². The Morgan fingerprint density at radius 1 is 1.60 bits per heavy atom. The molecule has 0 fully saturated rings. The molecule has 7 heteroatoms. The molecule has 82 valence electrons. The summed E-state index contributed by atoms with van der Waals surface area (Å²) in [6.45, 7) is 1.38. The van der Waals surface area contributed by atoms with Gasteiger partial charge in [0.15, 0.2) is 5.82 Å². The molecule has 0 aliphatic carbocycles. The molecule has 0 saturated carbocycles. The number of carboxylic acid groups (broad SMARTS) is 1. The zero-order chi connectivity index (χ0) is 11.4. The van der Waals surface area contributed by atoms with E-state index in [1.165, 1.54) is 11.6 Å². The smallest absolute Gasteiger partial charge is 0.325 e. The molecule has 1 rings (SSSR count). The Bertz CT molecular complexity index is 374. The summed E-state index contributed by atoms with van der Waals surface area (Å²) in [5, 5.41) is 17.1. The highest BCUT2D eigenvalue weighted by molar-refractivity contribution is 5.91. The van der Waals surface area contributed by atoms with Gasteiger partial charge in [0, 0.05) is 19.3 Å². The van der Waals surface area contributed by atoms with Crippen LogP contribution in [-0.4, -0.2) is 32.9 Å². The average Bonchev–Trinajstić information content (AvgIpc) is 2.50. The summed E-state index contributed by atoms with van der Waals surface area (Å²) in [4.78, 5) is 21.6. The lowest BCUT2D eigenvalue weighted by Crippen LogP contribution is -2.40. The van der Waals surface area contributed by atoms with E-state index in [0.29, 0.717) is 5.82 Å². The second-order valence-corrected chi connectivity index (χ2v) is 3.03. The lowest BCUT2D eigenvalue weighted by molar-refractivity contribution is -0.138. The van der Waals surface area contributed by atoms with E-state index in [-0.39, 0.29) is 0 Å². The van der Waals surface area contributed by atoms with Gasteiger partial charge in [-0.2, -0.15) is 5.10 Å². The van der Waals surface area contributed by atoms with Gasteiger partial charge in [-0.25, -0.2) is 4.79 Å². The van der Waals surface area contributed by atoms with Gasteiger partial charge in [0.2, 0.25) is 0 Å². The summed E-state index contributed by atoms with van der Waals surface area (Å²) in [7, 11) is 1.71. The maximum atomic E-state index is 11.2. The van der Waals surface area contributed by atoms with Crippen molar-refractivity contribution in [1.29, 1.82) is 0 Å². The third-order valence-corrected chi connectivity index (χ3v) is 1.67. The third-order valence-electron chi connectivity index (χ3n) is 1.67. The Balaban J connectivity index is 2.46. The van der Waals surface area contributed by atoms with E-state index in [0.717, 1.165) is 0 Å². The van der Waals surface area contributed by atoms with Gasteiger partial charge >= 0.3 is 12.0 Å². The van der Waals surface area contributed by atoms with E-state index in [1.54, 1.807) is 19.3 Å². The lowest BCUT2D eigenvalue weighted by Gasteiger charge is -2.08. The topological polar surface area (TPSA) is 96.3 Å². The van der Waals surface area contributed by atoms with Crippen molar-refractivity contribution < 1.29 is 14.7 Å². The summed E-state index contributed by atoms with van der Waals surface area (Å²) in [6.07, 6.45) is 1.66. The number of amides is 2. The molecule has 7 nitrogen and oxygen atoms in total. The van der Waals surface area contributed by atoms with Crippen LogP contribution in [0, 0.1) is 0 Å². The van der Waals surface area contributed by atoms with Crippen molar-refractivity contribution in [3.8, 4) is 0 Å². The second-order valence-electron chi connectivity index (χ2n) is 3.03. The van der Waals surface area contributed by atoms with Crippen molar-refractivity contribution in [2.24, 2.45) is 7.05 Å². The quantitative estimate of drug-likeness (QED) is 0.657. The zero-order valence-corrected chi connectivity index (χ0v) is 8.39. The first-order chi connectivity index (χ1) is 6.99. The number of aliphatic carboxylic acids is 1. The van der Waals surface area contributed by atoms with Crippen molar-refractivity contribution in [3.63, 3.8) is 0 Å². The number of rotatable bonds is 3. The molecule has 1 atom stereocenters. The van der Waals surface area contributed by atoms with Gasteiger partial charge in [0.25, 0.3) is 0 Å². The number of nitrogens with zero attached hydrogens (tertiary/aromatic N) is 2. The van der Waals surface area contributed by atoms with E-state index in [4.69, 9.17) is 5.11 Å². The van der Waals surface area contributed by atoms with E-state index in [9.17, 15) is 9.59 Å². The summed E-state index contributed by atoms with van der Waals surface area (Å²) in [5.41, 5.74) is 0. The van der Waals surface area contributed by atoms with Gasteiger partial charge in [-0.05, 0) is 6.92 Å². The SMILES string of the molecule is CC(NC(=O)Nc1ccn(C)n1)C(=O)O. The molecule has 2 amide bonds. The lowest BCUT2D eigenvalue weighted by atomic mass is 10.3.